The predicted octanol–water partition coefficient (Wildman–Crippen LogP) is 1.54. The Morgan fingerprint density at radius 3 is 2.70 bits per heavy atom. The number of piperazine rings is 1. The lowest BCUT2D eigenvalue weighted by Crippen LogP contribution is -2.57. The average molecular weight is 340 g/mol. The van der Waals surface area contributed by atoms with Crippen LogP contribution in [0.1, 0.15) is 25.8 Å². The molecule has 1 aromatic carbocycles. The number of carbonyl (C=O) groups excluding carboxylic acids is 1. The first-order valence-corrected chi connectivity index (χ1v) is 9.15. The topological polar surface area (TPSA) is 75.7 Å². The largest absolute Gasteiger partial charge is 0.495 e. The van der Waals surface area contributed by atoms with Gasteiger partial charge in [-0.3, -0.25) is 4.79 Å². The number of rotatable bonds is 5. The van der Waals surface area contributed by atoms with Gasteiger partial charge in [-0.05, 0) is 37.0 Å². The highest BCUT2D eigenvalue weighted by atomic mass is 32.2. The van der Waals surface area contributed by atoms with Crippen molar-refractivity contribution in [3.63, 3.8) is 0 Å². The number of methoxy groups -OCH3 is 1. The van der Waals surface area contributed by atoms with Gasteiger partial charge >= 0.3 is 0 Å². The van der Waals surface area contributed by atoms with Crippen LogP contribution < -0.4 is 10.1 Å². The fraction of sp³-hybridized carbons (Fsp3) is 0.562. The minimum Gasteiger partial charge on any atom is -0.495 e. The Balaban J connectivity index is 2.48. The Morgan fingerprint density at radius 1 is 1.39 bits per heavy atom. The average Bonchev–Trinajstić information content (AvgIpc) is 2.48. The Bertz CT molecular complexity index is 685. The van der Waals surface area contributed by atoms with E-state index in [0.717, 1.165) is 5.56 Å². The standard InChI is InChI=1S/C16H24N2O4S/c1-11(2)9-13-16(19)17-7-8-18(13)23(20,21)15-10-12(3)5-6-14(15)22-4/h5-6,10-11,13H,7-9H2,1-4H3,(H,17,19). The van der Waals surface area contributed by atoms with Crippen LogP contribution in [0.3, 0.4) is 0 Å². The molecule has 128 valence electrons. The van der Waals surface area contributed by atoms with E-state index in [-0.39, 0.29) is 23.3 Å². The number of hydrogen-bond acceptors (Lipinski definition) is 4. The Morgan fingerprint density at radius 2 is 2.09 bits per heavy atom. The minimum absolute atomic E-state index is 0.114. The third-order valence-electron chi connectivity index (χ3n) is 3.88. The number of aryl methyl sites for hydroxylation is 1. The zero-order chi connectivity index (χ0) is 17.2. The third kappa shape index (κ3) is 3.67. The second kappa shape index (κ2) is 6.88. The Kier molecular flexibility index (Phi) is 5.31. The summed E-state index contributed by atoms with van der Waals surface area (Å²) in [6, 6.07) is 4.35. The third-order valence-corrected chi connectivity index (χ3v) is 5.81. The van der Waals surface area contributed by atoms with Crippen LogP contribution in [-0.2, 0) is 14.8 Å². The van der Waals surface area contributed by atoms with Crippen molar-refractivity contribution in [3.05, 3.63) is 23.8 Å². The molecule has 0 spiro atoms. The number of nitrogens with one attached hydrogen (secondary N) is 1. The number of amides is 1. The highest BCUT2D eigenvalue weighted by Crippen LogP contribution is 2.30. The molecule has 2 rings (SSSR count). The van der Waals surface area contributed by atoms with Crippen molar-refractivity contribution in [2.75, 3.05) is 20.2 Å². The first-order chi connectivity index (χ1) is 10.8. The smallest absolute Gasteiger partial charge is 0.247 e. The number of carbonyl (C=O) groups is 1. The molecule has 1 aliphatic rings. The first kappa shape index (κ1) is 17.7. The van der Waals surface area contributed by atoms with Gasteiger partial charge in [0, 0.05) is 13.1 Å². The van der Waals surface area contributed by atoms with Crippen LogP contribution in [0.4, 0.5) is 0 Å². The predicted molar refractivity (Wildman–Crippen MR) is 87.9 cm³/mol. The molecule has 0 radical (unpaired) electrons. The maximum Gasteiger partial charge on any atom is 0.247 e. The van der Waals surface area contributed by atoms with Crippen LogP contribution in [0.25, 0.3) is 0 Å². The first-order valence-electron chi connectivity index (χ1n) is 7.71. The molecule has 0 bridgehead atoms. The lowest BCUT2D eigenvalue weighted by atomic mass is 10.0. The fourth-order valence-corrected chi connectivity index (χ4v) is 4.61. The molecule has 1 heterocycles. The van der Waals surface area contributed by atoms with Gasteiger partial charge in [-0.15, -0.1) is 0 Å². The van der Waals surface area contributed by atoms with Gasteiger partial charge in [-0.2, -0.15) is 4.31 Å². The summed E-state index contributed by atoms with van der Waals surface area (Å²) < 4.78 is 32.8. The van der Waals surface area contributed by atoms with Gasteiger partial charge in [0.05, 0.1) is 7.11 Å². The van der Waals surface area contributed by atoms with E-state index in [2.05, 4.69) is 5.32 Å². The van der Waals surface area contributed by atoms with Gasteiger partial charge in [0.1, 0.15) is 16.7 Å². The van der Waals surface area contributed by atoms with Crippen molar-refractivity contribution < 1.29 is 17.9 Å². The van der Waals surface area contributed by atoms with E-state index in [1.807, 2.05) is 20.8 Å². The molecule has 0 saturated carbocycles. The van der Waals surface area contributed by atoms with E-state index >= 15 is 0 Å². The summed E-state index contributed by atoms with van der Waals surface area (Å²) >= 11 is 0. The molecule has 6 nitrogen and oxygen atoms in total. The van der Waals surface area contributed by atoms with Crippen LogP contribution in [0.2, 0.25) is 0 Å². The van der Waals surface area contributed by atoms with Crippen LogP contribution in [0.5, 0.6) is 5.75 Å². The van der Waals surface area contributed by atoms with E-state index in [9.17, 15) is 13.2 Å². The molecule has 1 saturated heterocycles. The molecular weight excluding hydrogens is 316 g/mol. The number of ether oxygens (including phenoxy) is 1. The lowest BCUT2D eigenvalue weighted by molar-refractivity contribution is -0.127. The summed E-state index contributed by atoms with van der Waals surface area (Å²) in [5.74, 6) is 0.269. The molecule has 1 atom stereocenters. The van der Waals surface area contributed by atoms with Gasteiger partial charge in [0.25, 0.3) is 0 Å². The van der Waals surface area contributed by atoms with E-state index in [0.29, 0.717) is 18.7 Å². The highest BCUT2D eigenvalue weighted by molar-refractivity contribution is 7.89. The van der Waals surface area contributed by atoms with E-state index in [4.69, 9.17) is 4.74 Å². The van der Waals surface area contributed by atoms with Gasteiger partial charge in [0.2, 0.25) is 15.9 Å². The van der Waals surface area contributed by atoms with Gasteiger partial charge in [-0.25, -0.2) is 8.42 Å². The van der Waals surface area contributed by atoms with E-state index in [1.165, 1.54) is 11.4 Å². The second-order valence-electron chi connectivity index (χ2n) is 6.21. The molecule has 1 aromatic rings. The summed E-state index contributed by atoms with van der Waals surface area (Å²) in [6.07, 6.45) is 0.485. The summed E-state index contributed by atoms with van der Waals surface area (Å²) in [5, 5.41) is 2.75. The number of sulfonamides is 1. The molecule has 0 aliphatic carbocycles. The van der Waals surface area contributed by atoms with Crippen molar-refractivity contribution >= 4 is 15.9 Å². The van der Waals surface area contributed by atoms with Gasteiger partial charge in [0.15, 0.2) is 0 Å². The van der Waals surface area contributed by atoms with Crippen molar-refractivity contribution in [1.29, 1.82) is 0 Å². The minimum atomic E-state index is -3.81. The normalized spacial score (nSPS) is 19.7. The van der Waals surface area contributed by atoms with Crippen molar-refractivity contribution in [2.24, 2.45) is 5.92 Å². The summed E-state index contributed by atoms with van der Waals surface area (Å²) in [7, 11) is -2.36. The van der Waals surface area contributed by atoms with Gasteiger partial charge in [-0.1, -0.05) is 19.9 Å². The molecule has 7 heteroatoms. The molecule has 1 N–H and O–H groups in total. The quantitative estimate of drug-likeness (QED) is 0.882. The molecule has 1 aliphatic heterocycles. The van der Waals surface area contributed by atoms with Crippen LogP contribution >= 0.6 is 0 Å². The summed E-state index contributed by atoms with van der Waals surface area (Å²) in [4.78, 5) is 12.3. The van der Waals surface area contributed by atoms with Crippen LogP contribution in [0.15, 0.2) is 23.1 Å². The Labute approximate surface area is 137 Å². The molecule has 23 heavy (non-hydrogen) atoms. The molecule has 1 unspecified atom stereocenters. The van der Waals surface area contributed by atoms with Crippen LogP contribution in [-0.4, -0.2) is 44.9 Å². The summed E-state index contributed by atoms with van der Waals surface area (Å²) in [6.45, 7) is 6.36. The number of nitrogens with zero attached hydrogens (tertiary/aromatic N) is 1. The highest BCUT2D eigenvalue weighted by Gasteiger charge is 2.39. The fourth-order valence-electron chi connectivity index (χ4n) is 2.76. The lowest BCUT2D eigenvalue weighted by Gasteiger charge is -2.35. The van der Waals surface area contributed by atoms with Crippen molar-refractivity contribution in [3.8, 4) is 5.75 Å². The van der Waals surface area contributed by atoms with Gasteiger partial charge < -0.3 is 10.1 Å². The van der Waals surface area contributed by atoms with E-state index in [1.54, 1.807) is 18.2 Å². The zero-order valence-corrected chi connectivity index (χ0v) is 14.8. The maximum atomic E-state index is 13.1. The monoisotopic (exact) mass is 340 g/mol. The molecule has 1 amide bonds. The van der Waals surface area contributed by atoms with Crippen molar-refractivity contribution in [1.82, 2.24) is 9.62 Å². The van der Waals surface area contributed by atoms with Crippen molar-refractivity contribution in [2.45, 2.75) is 38.1 Å². The zero-order valence-electron chi connectivity index (χ0n) is 14.0. The summed E-state index contributed by atoms with van der Waals surface area (Å²) in [5.41, 5.74) is 0.825. The van der Waals surface area contributed by atoms with E-state index < -0.39 is 16.1 Å². The molecule has 1 fully saturated rings. The van der Waals surface area contributed by atoms with Crippen LogP contribution in [0, 0.1) is 12.8 Å². The Hall–Kier alpha value is -1.60. The molecular formula is C16H24N2O4S. The second-order valence-corrected chi connectivity index (χ2v) is 8.07. The SMILES string of the molecule is COc1ccc(C)cc1S(=O)(=O)N1CCNC(=O)C1CC(C)C. The molecule has 0 aromatic heterocycles. The number of hydrogen-bond donors (Lipinski definition) is 1. The number of benzene rings is 1. The maximum absolute atomic E-state index is 13.1.